The second-order valence-electron chi connectivity index (χ2n) is 4.27. The fraction of sp³-hybridized carbons (Fsp3) is 0.818. The molecule has 0 spiro atoms. The van der Waals surface area contributed by atoms with Crippen molar-refractivity contribution in [1.29, 1.82) is 0 Å². The first-order valence-electron chi connectivity index (χ1n) is 5.71. The fourth-order valence-corrected chi connectivity index (χ4v) is 1.67. The van der Waals surface area contributed by atoms with Gasteiger partial charge >= 0.3 is 5.97 Å². The smallest absolute Gasteiger partial charge is 0.305 e. The largest absolute Gasteiger partial charge is 0.481 e. The lowest BCUT2D eigenvalue weighted by Gasteiger charge is -2.34. The zero-order chi connectivity index (χ0) is 12.8. The number of amides is 1. The molecule has 6 heteroatoms. The SMILES string of the molecule is CC(C)OCC(=O)N1CCOCC1CC(=O)O. The Morgan fingerprint density at radius 1 is 1.53 bits per heavy atom. The molecule has 6 nitrogen and oxygen atoms in total. The van der Waals surface area contributed by atoms with Crippen LogP contribution in [-0.2, 0) is 19.1 Å². The van der Waals surface area contributed by atoms with Crippen molar-refractivity contribution in [2.45, 2.75) is 32.4 Å². The minimum absolute atomic E-state index is 0.00616. The van der Waals surface area contributed by atoms with Crippen LogP contribution in [0, 0.1) is 0 Å². The topological polar surface area (TPSA) is 76.1 Å². The van der Waals surface area contributed by atoms with Gasteiger partial charge in [0.25, 0.3) is 0 Å². The van der Waals surface area contributed by atoms with E-state index in [1.54, 1.807) is 4.90 Å². The molecule has 0 aromatic carbocycles. The first-order valence-corrected chi connectivity index (χ1v) is 5.71. The van der Waals surface area contributed by atoms with E-state index in [1.807, 2.05) is 13.8 Å². The van der Waals surface area contributed by atoms with Crippen LogP contribution in [0.4, 0.5) is 0 Å². The number of hydrogen-bond acceptors (Lipinski definition) is 4. The van der Waals surface area contributed by atoms with Crippen LogP contribution in [0.2, 0.25) is 0 Å². The molecule has 1 heterocycles. The van der Waals surface area contributed by atoms with Crippen molar-refractivity contribution in [1.82, 2.24) is 4.90 Å². The van der Waals surface area contributed by atoms with E-state index in [0.717, 1.165) is 0 Å². The predicted molar refractivity (Wildman–Crippen MR) is 59.7 cm³/mol. The Balaban J connectivity index is 2.51. The molecule has 0 aromatic heterocycles. The summed E-state index contributed by atoms with van der Waals surface area (Å²) >= 11 is 0. The van der Waals surface area contributed by atoms with Gasteiger partial charge in [-0.3, -0.25) is 9.59 Å². The first kappa shape index (κ1) is 13.9. The summed E-state index contributed by atoms with van der Waals surface area (Å²) in [4.78, 5) is 24.1. The van der Waals surface area contributed by atoms with Crippen LogP contribution in [0.3, 0.4) is 0 Å². The molecule has 98 valence electrons. The average molecular weight is 245 g/mol. The molecule has 0 aromatic rings. The van der Waals surface area contributed by atoms with Crippen LogP contribution in [-0.4, -0.2) is 60.4 Å². The molecule has 0 saturated carbocycles. The number of hydrogen-bond donors (Lipinski definition) is 1. The van der Waals surface area contributed by atoms with Crippen molar-refractivity contribution in [2.75, 3.05) is 26.4 Å². The van der Waals surface area contributed by atoms with Gasteiger partial charge < -0.3 is 19.5 Å². The number of carbonyl (C=O) groups excluding carboxylic acids is 1. The van der Waals surface area contributed by atoms with Crippen LogP contribution in [0.5, 0.6) is 0 Å². The Morgan fingerprint density at radius 3 is 2.82 bits per heavy atom. The molecule has 1 amide bonds. The number of carboxylic acids is 1. The van der Waals surface area contributed by atoms with Gasteiger partial charge in [-0.25, -0.2) is 0 Å². The maximum Gasteiger partial charge on any atom is 0.305 e. The molecule has 1 rings (SSSR count). The monoisotopic (exact) mass is 245 g/mol. The highest BCUT2D eigenvalue weighted by Gasteiger charge is 2.29. The van der Waals surface area contributed by atoms with Crippen molar-refractivity contribution in [2.24, 2.45) is 0 Å². The summed E-state index contributed by atoms with van der Waals surface area (Å²) in [6.45, 7) is 4.85. The second kappa shape index (κ2) is 6.56. The summed E-state index contributed by atoms with van der Waals surface area (Å²) in [6, 6.07) is -0.385. The van der Waals surface area contributed by atoms with Crippen LogP contribution >= 0.6 is 0 Å². The third-order valence-electron chi connectivity index (χ3n) is 2.50. The molecule has 1 N–H and O–H groups in total. The van der Waals surface area contributed by atoms with E-state index in [4.69, 9.17) is 14.6 Å². The molecule has 0 aliphatic carbocycles. The van der Waals surface area contributed by atoms with Gasteiger partial charge in [-0.15, -0.1) is 0 Å². The van der Waals surface area contributed by atoms with Crippen molar-refractivity contribution in [3.05, 3.63) is 0 Å². The van der Waals surface area contributed by atoms with Crippen molar-refractivity contribution < 1.29 is 24.2 Å². The van der Waals surface area contributed by atoms with Gasteiger partial charge in [0.05, 0.1) is 31.8 Å². The number of morpholine rings is 1. The number of nitrogens with zero attached hydrogens (tertiary/aromatic N) is 1. The van der Waals surface area contributed by atoms with Gasteiger partial charge in [0.15, 0.2) is 0 Å². The third kappa shape index (κ3) is 4.70. The van der Waals surface area contributed by atoms with Crippen LogP contribution < -0.4 is 0 Å². The van der Waals surface area contributed by atoms with E-state index in [1.165, 1.54) is 0 Å². The summed E-state index contributed by atoms with van der Waals surface area (Å²) in [5.41, 5.74) is 0. The molecule has 0 radical (unpaired) electrons. The lowest BCUT2D eigenvalue weighted by Crippen LogP contribution is -2.50. The number of carboxylic acid groups (broad SMARTS) is 1. The zero-order valence-corrected chi connectivity index (χ0v) is 10.2. The molecule has 1 fully saturated rings. The van der Waals surface area contributed by atoms with E-state index in [9.17, 15) is 9.59 Å². The maximum atomic E-state index is 11.8. The number of aliphatic carboxylic acids is 1. The highest BCUT2D eigenvalue weighted by molar-refractivity contribution is 5.79. The van der Waals surface area contributed by atoms with Crippen molar-refractivity contribution >= 4 is 11.9 Å². The molecule has 1 atom stereocenters. The van der Waals surface area contributed by atoms with Crippen molar-refractivity contribution in [3.63, 3.8) is 0 Å². The van der Waals surface area contributed by atoms with Crippen LogP contribution in [0.15, 0.2) is 0 Å². The van der Waals surface area contributed by atoms with Gasteiger partial charge in [-0.05, 0) is 13.8 Å². The zero-order valence-electron chi connectivity index (χ0n) is 10.2. The Bertz CT molecular complexity index is 279. The number of carbonyl (C=O) groups is 2. The summed E-state index contributed by atoms with van der Waals surface area (Å²) < 4.78 is 10.4. The van der Waals surface area contributed by atoms with E-state index in [0.29, 0.717) is 13.2 Å². The Morgan fingerprint density at radius 2 is 2.24 bits per heavy atom. The van der Waals surface area contributed by atoms with Gasteiger partial charge in [0.1, 0.15) is 6.61 Å². The molecule has 1 unspecified atom stereocenters. The standard InChI is InChI=1S/C11H19NO5/c1-8(2)17-7-10(13)12-3-4-16-6-9(12)5-11(14)15/h8-9H,3-7H2,1-2H3,(H,14,15). The lowest BCUT2D eigenvalue weighted by atomic mass is 10.1. The van der Waals surface area contributed by atoms with Crippen molar-refractivity contribution in [3.8, 4) is 0 Å². The maximum absolute atomic E-state index is 11.8. The van der Waals surface area contributed by atoms with Gasteiger partial charge in [-0.2, -0.15) is 0 Å². The minimum Gasteiger partial charge on any atom is -0.481 e. The highest BCUT2D eigenvalue weighted by Crippen LogP contribution is 2.11. The summed E-state index contributed by atoms with van der Waals surface area (Å²) in [5.74, 6) is -1.10. The normalized spacial score (nSPS) is 20.6. The lowest BCUT2D eigenvalue weighted by molar-refractivity contribution is -0.150. The quantitative estimate of drug-likeness (QED) is 0.744. The molecule has 1 aliphatic rings. The predicted octanol–water partition coefficient (Wildman–Crippen LogP) is 0.114. The van der Waals surface area contributed by atoms with Crippen LogP contribution in [0.1, 0.15) is 20.3 Å². The minimum atomic E-state index is -0.928. The molecular formula is C11H19NO5. The molecule has 0 bridgehead atoms. The second-order valence-corrected chi connectivity index (χ2v) is 4.27. The summed E-state index contributed by atoms with van der Waals surface area (Å²) in [7, 11) is 0. The molecule has 17 heavy (non-hydrogen) atoms. The van der Waals surface area contributed by atoms with Gasteiger partial charge in [0.2, 0.25) is 5.91 Å². The fourth-order valence-electron chi connectivity index (χ4n) is 1.67. The Kier molecular flexibility index (Phi) is 5.37. The summed E-state index contributed by atoms with van der Waals surface area (Å²) in [6.07, 6.45) is -0.106. The van der Waals surface area contributed by atoms with Gasteiger partial charge in [-0.1, -0.05) is 0 Å². The van der Waals surface area contributed by atoms with Crippen LogP contribution in [0.25, 0.3) is 0 Å². The molecule has 1 aliphatic heterocycles. The Hall–Kier alpha value is -1.14. The van der Waals surface area contributed by atoms with E-state index in [-0.39, 0.29) is 37.7 Å². The van der Waals surface area contributed by atoms with Gasteiger partial charge in [0, 0.05) is 6.54 Å². The third-order valence-corrected chi connectivity index (χ3v) is 2.50. The number of ether oxygens (including phenoxy) is 2. The first-order chi connectivity index (χ1) is 8.00. The average Bonchev–Trinajstić information content (AvgIpc) is 2.25. The molecule has 1 saturated heterocycles. The highest BCUT2D eigenvalue weighted by atomic mass is 16.5. The Labute approximate surface area is 100 Å². The van der Waals surface area contributed by atoms with E-state index >= 15 is 0 Å². The van der Waals surface area contributed by atoms with E-state index in [2.05, 4.69) is 0 Å². The summed E-state index contributed by atoms with van der Waals surface area (Å²) in [5, 5.41) is 8.76. The van der Waals surface area contributed by atoms with E-state index < -0.39 is 5.97 Å². The molecular weight excluding hydrogens is 226 g/mol. The number of rotatable bonds is 5.